The van der Waals surface area contributed by atoms with Crippen LogP contribution in [-0.4, -0.2) is 31.4 Å². The molecule has 0 spiro atoms. The molecule has 0 aliphatic heterocycles. The number of hydrogen-bond acceptors (Lipinski definition) is 2. The van der Waals surface area contributed by atoms with Crippen molar-refractivity contribution >= 4 is 17.3 Å². The zero-order valence-electron chi connectivity index (χ0n) is 10.3. The minimum atomic E-state index is 0.788. The highest BCUT2D eigenvalue weighted by Crippen LogP contribution is 2.28. The number of ether oxygens (including phenoxy) is 1. The van der Waals surface area contributed by atoms with Crippen LogP contribution in [0.5, 0.6) is 0 Å². The molecule has 0 aromatic carbocycles. The number of hydrogen-bond donors (Lipinski definition) is 2. The molecule has 0 amide bonds. The Hall–Kier alpha value is -0.350. The van der Waals surface area contributed by atoms with Crippen LogP contribution in [0.3, 0.4) is 0 Å². The molecule has 0 atom stereocenters. The largest absolute Gasteiger partial charge is 0.382 e. The Morgan fingerprint density at radius 3 is 2.69 bits per heavy atom. The SMILES string of the molecule is CCOCCCNC(=S)NCCC1CCC1. The van der Waals surface area contributed by atoms with E-state index >= 15 is 0 Å². The molecule has 1 aliphatic rings. The molecule has 94 valence electrons. The van der Waals surface area contributed by atoms with Gasteiger partial charge in [0.2, 0.25) is 0 Å². The van der Waals surface area contributed by atoms with E-state index in [1.165, 1.54) is 25.7 Å². The van der Waals surface area contributed by atoms with Crippen molar-refractivity contribution in [1.82, 2.24) is 10.6 Å². The lowest BCUT2D eigenvalue weighted by atomic mass is 9.83. The predicted molar refractivity (Wildman–Crippen MR) is 71.7 cm³/mol. The summed E-state index contributed by atoms with van der Waals surface area (Å²) in [5.41, 5.74) is 0. The lowest BCUT2D eigenvalue weighted by Gasteiger charge is -2.25. The second-order valence-electron chi connectivity index (χ2n) is 4.32. The second kappa shape index (κ2) is 8.76. The van der Waals surface area contributed by atoms with Gasteiger partial charge in [0, 0.05) is 26.3 Å². The van der Waals surface area contributed by atoms with E-state index in [0.717, 1.165) is 43.8 Å². The molecule has 0 saturated heterocycles. The fourth-order valence-electron chi connectivity index (χ4n) is 1.75. The van der Waals surface area contributed by atoms with Gasteiger partial charge < -0.3 is 15.4 Å². The van der Waals surface area contributed by atoms with Crippen LogP contribution < -0.4 is 10.6 Å². The molecule has 0 aromatic heterocycles. The Morgan fingerprint density at radius 2 is 2.06 bits per heavy atom. The first-order chi connectivity index (χ1) is 7.83. The lowest BCUT2D eigenvalue weighted by Crippen LogP contribution is -2.37. The van der Waals surface area contributed by atoms with Gasteiger partial charge in [-0.25, -0.2) is 0 Å². The van der Waals surface area contributed by atoms with E-state index < -0.39 is 0 Å². The van der Waals surface area contributed by atoms with Gasteiger partial charge >= 0.3 is 0 Å². The maximum absolute atomic E-state index is 5.25. The molecule has 3 nitrogen and oxygen atoms in total. The maximum atomic E-state index is 5.25. The molecule has 0 unspecified atom stereocenters. The molecule has 0 radical (unpaired) electrons. The van der Waals surface area contributed by atoms with Crippen molar-refractivity contribution < 1.29 is 4.74 Å². The van der Waals surface area contributed by atoms with Crippen LogP contribution in [-0.2, 0) is 4.74 Å². The van der Waals surface area contributed by atoms with Crippen molar-refractivity contribution in [2.75, 3.05) is 26.3 Å². The summed E-state index contributed by atoms with van der Waals surface area (Å²) in [6.07, 6.45) is 6.52. The van der Waals surface area contributed by atoms with Gasteiger partial charge in [0.05, 0.1) is 0 Å². The first kappa shape index (κ1) is 13.7. The van der Waals surface area contributed by atoms with E-state index in [2.05, 4.69) is 10.6 Å². The van der Waals surface area contributed by atoms with Gasteiger partial charge in [-0.15, -0.1) is 0 Å². The molecule has 2 N–H and O–H groups in total. The number of thiocarbonyl (C=S) groups is 1. The quantitative estimate of drug-likeness (QED) is 0.506. The fourth-order valence-corrected chi connectivity index (χ4v) is 1.96. The predicted octanol–water partition coefficient (Wildman–Crippen LogP) is 2.07. The van der Waals surface area contributed by atoms with Crippen molar-refractivity contribution in [2.24, 2.45) is 5.92 Å². The Kier molecular flexibility index (Phi) is 7.51. The van der Waals surface area contributed by atoms with E-state index in [9.17, 15) is 0 Å². The third kappa shape index (κ3) is 6.28. The highest BCUT2D eigenvalue weighted by atomic mass is 32.1. The standard InChI is InChI=1S/C12H24N2OS/c1-2-15-10-4-8-13-12(16)14-9-7-11-5-3-6-11/h11H,2-10H2,1H3,(H2,13,14,16). The van der Waals surface area contributed by atoms with Crippen molar-refractivity contribution in [3.8, 4) is 0 Å². The van der Waals surface area contributed by atoms with E-state index in [0.29, 0.717) is 0 Å². The van der Waals surface area contributed by atoms with Gasteiger partial charge in [-0.1, -0.05) is 19.3 Å². The van der Waals surface area contributed by atoms with Crippen molar-refractivity contribution in [2.45, 2.75) is 39.0 Å². The zero-order chi connectivity index (χ0) is 11.6. The summed E-state index contributed by atoms with van der Waals surface area (Å²) >= 11 is 5.18. The third-order valence-corrected chi connectivity index (χ3v) is 3.31. The topological polar surface area (TPSA) is 33.3 Å². The molecule has 0 heterocycles. The average Bonchev–Trinajstić information content (AvgIpc) is 2.21. The van der Waals surface area contributed by atoms with Crippen LogP contribution in [0, 0.1) is 5.92 Å². The van der Waals surface area contributed by atoms with Crippen molar-refractivity contribution in [3.05, 3.63) is 0 Å². The number of nitrogens with one attached hydrogen (secondary N) is 2. The van der Waals surface area contributed by atoms with Crippen LogP contribution in [0.25, 0.3) is 0 Å². The highest BCUT2D eigenvalue weighted by Gasteiger charge is 2.16. The first-order valence-corrected chi connectivity index (χ1v) is 6.83. The van der Waals surface area contributed by atoms with E-state index in [1.807, 2.05) is 6.92 Å². The van der Waals surface area contributed by atoms with E-state index in [1.54, 1.807) is 0 Å². The Bertz CT molecular complexity index is 195. The lowest BCUT2D eigenvalue weighted by molar-refractivity contribution is 0.145. The second-order valence-corrected chi connectivity index (χ2v) is 4.73. The Labute approximate surface area is 104 Å². The van der Waals surface area contributed by atoms with Gasteiger partial charge in [0.1, 0.15) is 0 Å². The summed E-state index contributed by atoms with van der Waals surface area (Å²) in [5.74, 6) is 0.952. The van der Waals surface area contributed by atoms with Crippen LogP contribution in [0.4, 0.5) is 0 Å². The van der Waals surface area contributed by atoms with Gasteiger partial charge in [0.15, 0.2) is 5.11 Å². The molecule has 1 saturated carbocycles. The van der Waals surface area contributed by atoms with E-state index in [4.69, 9.17) is 17.0 Å². The van der Waals surface area contributed by atoms with Gasteiger partial charge in [-0.2, -0.15) is 0 Å². The highest BCUT2D eigenvalue weighted by molar-refractivity contribution is 7.80. The summed E-state index contributed by atoms with van der Waals surface area (Å²) in [4.78, 5) is 0. The summed E-state index contributed by atoms with van der Waals surface area (Å²) in [5, 5.41) is 7.23. The minimum absolute atomic E-state index is 0.788. The molecular formula is C12H24N2OS. The summed E-state index contributed by atoms with van der Waals surface area (Å²) < 4.78 is 5.25. The summed E-state index contributed by atoms with van der Waals surface area (Å²) in [6, 6.07) is 0. The summed E-state index contributed by atoms with van der Waals surface area (Å²) in [6.45, 7) is 5.54. The summed E-state index contributed by atoms with van der Waals surface area (Å²) in [7, 11) is 0. The van der Waals surface area contributed by atoms with Crippen LogP contribution in [0.1, 0.15) is 39.0 Å². The number of rotatable bonds is 8. The Balaban J connectivity index is 1.82. The maximum Gasteiger partial charge on any atom is 0.166 e. The van der Waals surface area contributed by atoms with Gasteiger partial charge in [0.25, 0.3) is 0 Å². The van der Waals surface area contributed by atoms with Crippen molar-refractivity contribution in [1.29, 1.82) is 0 Å². The Morgan fingerprint density at radius 1 is 1.31 bits per heavy atom. The van der Waals surface area contributed by atoms with E-state index in [-0.39, 0.29) is 0 Å². The molecular weight excluding hydrogens is 220 g/mol. The first-order valence-electron chi connectivity index (χ1n) is 6.42. The van der Waals surface area contributed by atoms with Crippen LogP contribution in [0.15, 0.2) is 0 Å². The van der Waals surface area contributed by atoms with Gasteiger partial charge in [-0.05, 0) is 37.9 Å². The average molecular weight is 244 g/mol. The molecule has 0 aromatic rings. The van der Waals surface area contributed by atoms with Gasteiger partial charge in [-0.3, -0.25) is 0 Å². The minimum Gasteiger partial charge on any atom is -0.382 e. The fraction of sp³-hybridized carbons (Fsp3) is 0.917. The third-order valence-electron chi connectivity index (χ3n) is 3.02. The zero-order valence-corrected chi connectivity index (χ0v) is 11.1. The normalized spacial score (nSPS) is 15.6. The monoisotopic (exact) mass is 244 g/mol. The molecule has 4 heteroatoms. The van der Waals surface area contributed by atoms with Crippen LogP contribution in [0.2, 0.25) is 0 Å². The molecule has 1 fully saturated rings. The molecule has 16 heavy (non-hydrogen) atoms. The van der Waals surface area contributed by atoms with Crippen molar-refractivity contribution in [3.63, 3.8) is 0 Å². The smallest absolute Gasteiger partial charge is 0.166 e. The molecule has 1 rings (SSSR count). The van der Waals surface area contributed by atoms with Crippen LogP contribution >= 0.6 is 12.2 Å². The molecule has 1 aliphatic carbocycles. The molecule has 0 bridgehead atoms.